The molecule has 1 aliphatic carbocycles. The Balaban J connectivity index is 0.00000133. The van der Waals surface area contributed by atoms with Gasteiger partial charge in [0.05, 0.1) is 0 Å². The van der Waals surface area contributed by atoms with Crippen LogP contribution >= 0.6 is 12.4 Å². The molecule has 1 saturated carbocycles. The maximum atomic E-state index is 14.1. The molecule has 0 radical (unpaired) electrons. The van der Waals surface area contributed by atoms with E-state index in [-0.39, 0.29) is 18.2 Å². The Kier molecular flexibility index (Phi) is 5.20. The van der Waals surface area contributed by atoms with E-state index in [0.29, 0.717) is 12.0 Å². The first-order chi connectivity index (χ1) is 8.86. The molecule has 1 aliphatic heterocycles. The van der Waals surface area contributed by atoms with E-state index >= 15 is 0 Å². The van der Waals surface area contributed by atoms with Crippen molar-refractivity contribution in [3.63, 3.8) is 0 Å². The highest BCUT2D eigenvalue weighted by Crippen LogP contribution is 2.42. The molecule has 2 fully saturated rings. The Bertz CT molecular complexity index is 403. The molecule has 4 heteroatoms. The summed E-state index contributed by atoms with van der Waals surface area (Å²) in [6.07, 6.45) is 3.81. The van der Waals surface area contributed by atoms with E-state index in [1.54, 1.807) is 12.1 Å². The van der Waals surface area contributed by atoms with Gasteiger partial charge in [-0.3, -0.25) is 4.90 Å². The molecule has 1 heterocycles. The molecule has 1 N–H and O–H groups in total. The topological polar surface area (TPSA) is 15.3 Å². The first-order valence-corrected chi connectivity index (χ1v) is 7.05. The average Bonchev–Trinajstić information content (AvgIpc) is 2.36. The maximum Gasteiger partial charge on any atom is 0.127 e. The van der Waals surface area contributed by atoms with E-state index in [0.717, 1.165) is 31.7 Å². The second-order valence-electron chi connectivity index (χ2n) is 5.44. The van der Waals surface area contributed by atoms with Crippen molar-refractivity contribution in [1.29, 1.82) is 0 Å². The van der Waals surface area contributed by atoms with Crippen LogP contribution in [0.1, 0.15) is 30.9 Å². The zero-order valence-corrected chi connectivity index (χ0v) is 12.0. The second kappa shape index (κ2) is 6.69. The highest BCUT2D eigenvalue weighted by atomic mass is 35.5. The SMILES string of the molecule is Cl.Fc1ccccc1[C@H](C1CCC1)N1CCNCC1. The number of halogens is 2. The Labute approximate surface area is 120 Å². The van der Waals surface area contributed by atoms with Crippen molar-refractivity contribution in [2.45, 2.75) is 25.3 Å². The molecule has 0 amide bonds. The van der Waals surface area contributed by atoms with Crippen LogP contribution in [0, 0.1) is 11.7 Å². The molecule has 0 aromatic heterocycles. The van der Waals surface area contributed by atoms with E-state index in [1.165, 1.54) is 19.3 Å². The average molecular weight is 285 g/mol. The number of hydrogen-bond donors (Lipinski definition) is 1. The van der Waals surface area contributed by atoms with Gasteiger partial charge in [0.25, 0.3) is 0 Å². The number of rotatable bonds is 3. The zero-order valence-electron chi connectivity index (χ0n) is 11.1. The predicted molar refractivity (Wildman–Crippen MR) is 78.2 cm³/mol. The lowest BCUT2D eigenvalue weighted by atomic mass is 9.76. The van der Waals surface area contributed by atoms with E-state index in [9.17, 15) is 4.39 Å². The summed E-state index contributed by atoms with van der Waals surface area (Å²) < 4.78 is 14.1. The predicted octanol–water partition coefficient (Wildman–Crippen LogP) is 2.99. The maximum absolute atomic E-state index is 14.1. The molecule has 1 aromatic carbocycles. The van der Waals surface area contributed by atoms with Gasteiger partial charge in [0.2, 0.25) is 0 Å². The van der Waals surface area contributed by atoms with Gasteiger partial charge in [-0.2, -0.15) is 0 Å². The van der Waals surface area contributed by atoms with E-state index in [1.807, 2.05) is 12.1 Å². The van der Waals surface area contributed by atoms with Crippen LogP contribution in [0.15, 0.2) is 24.3 Å². The summed E-state index contributed by atoms with van der Waals surface area (Å²) in [4.78, 5) is 2.47. The third-order valence-corrected chi connectivity index (χ3v) is 4.37. The summed E-state index contributed by atoms with van der Waals surface area (Å²) in [5.41, 5.74) is 0.907. The number of nitrogens with zero attached hydrogens (tertiary/aromatic N) is 1. The highest BCUT2D eigenvalue weighted by molar-refractivity contribution is 5.85. The van der Waals surface area contributed by atoms with Crippen LogP contribution in [0.25, 0.3) is 0 Å². The van der Waals surface area contributed by atoms with Gasteiger partial charge in [-0.05, 0) is 24.8 Å². The van der Waals surface area contributed by atoms with Crippen molar-refractivity contribution in [2.75, 3.05) is 26.2 Å². The summed E-state index contributed by atoms with van der Waals surface area (Å²) in [7, 11) is 0. The lowest BCUT2D eigenvalue weighted by Gasteiger charge is -2.43. The lowest BCUT2D eigenvalue weighted by Crippen LogP contribution is -2.48. The zero-order chi connectivity index (χ0) is 12.4. The minimum atomic E-state index is -0.0343. The van der Waals surface area contributed by atoms with Gasteiger partial charge in [-0.1, -0.05) is 24.6 Å². The van der Waals surface area contributed by atoms with Gasteiger partial charge in [0, 0.05) is 37.8 Å². The minimum absolute atomic E-state index is 0. The summed E-state index contributed by atoms with van der Waals surface area (Å²) in [5, 5.41) is 3.38. The Morgan fingerprint density at radius 2 is 1.84 bits per heavy atom. The third-order valence-electron chi connectivity index (χ3n) is 4.37. The van der Waals surface area contributed by atoms with Crippen LogP contribution in [0.5, 0.6) is 0 Å². The molecular weight excluding hydrogens is 263 g/mol. The monoisotopic (exact) mass is 284 g/mol. The molecule has 2 aliphatic rings. The van der Waals surface area contributed by atoms with Crippen molar-refractivity contribution in [2.24, 2.45) is 5.92 Å². The van der Waals surface area contributed by atoms with E-state index in [2.05, 4.69) is 10.2 Å². The fraction of sp³-hybridized carbons (Fsp3) is 0.600. The number of hydrogen-bond acceptors (Lipinski definition) is 2. The normalized spacial score (nSPS) is 22.4. The van der Waals surface area contributed by atoms with Crippen molar-refractivity contribution < 1.29 is 4.39 Å². The molecular formula is C15H22ClFN2. The Morgan fingerprint density at radius 1 is 1.16 bits per heavy atom. The summed E-state index contributed by atoms with van der Waals surface area (Å²) in [5.74, 6) is 0.618. The van der Waals surface area contributed by atoms with Gasteiger partial charge in [-0.15, -0.1) is 12.4 Å². The number of benzene rings is 1. The molecule has 19 heavy (non-hydrogen) atoms. The largest absolute Gasteiger partial charge is 0.314 e. The van der Waals surface area contributed by atoms with Crippen LogP contribution in [0.2, 0.25) is 0 Å². The standard InChI is InChI=1S/C15H21FN2.ClH/c16-14-7-2-1-6-13(14)15(12-4-3-5-12)18-10-8-17-9-11-18;/h1-2,6-7,12,15,17H,3-5,8-11H2;1H/t15-;/m0./s1. The van der Waals surface area contributed by atoms with Crippen molar-refractivity contribution in [3.8, 4) is 0 Å². The summed E-state index contributed by atoms with van der Waals surface area (Å²) in [6, 6.07) is 7.62. The molecule has 1 atom stereocenters. The smallest absolute Gasteiger partial charge is 0.127 e. The minimum Gasteiger partial charge on any atom is -0.314 e. The van der Waals surface area contributed by atoms with Gasteiger partial charge in [0.1, 0.15) is 5.82 Å². The van der Waals surface area contributed by atoms with E-state index < -0.39 is 0 Å². The fourth-order valence-electron chi connectivity index (χ4n) is 3.18. The van der Waals surface area contributed by atoms with Gasteiger partial charge in [0.15, 0.2) is 0 Å². The number of nitrogens with one attached hydrogen (secondary N) is 1. The molecule has 0 bridgehead atoms. The third kappa shape index (κ3) is 3.10. The van der Waals surface area contributed by atoms with E-state index in [4.69, 9.17) is 0 Å². The molecule has 3 rings (SSSR count). The van der Waals surface area contributed by atoms with Crippen molar-refractivity contribution in [1.82, 2.24) is 10.2 Å². The molecule has 0 unspecified atom stereocenters. The summed E-state index contributed by atoms with van der Waals surface area (Å²) in [6.45, 7) is 4.13. The fourth-order valence-corrected chi connectivity index (χ4v) is 3.18. The number of piperazine rings is 1. The van der Waals surface area contributed by atoms with Crippen LogP contribution in [-0.4, -0.2) is 31.1 Å². The van der Waals surface area contributed by atoms with Crippen LogP contribution in [0.3, 0.4) is 0 Å². The van der Waals surface area contributed by atoms with Crippen molar-refractivity contribution >= 4 is 12.4 Å². The van der Waals surface area contributed by atoms with Gasteiger partial charge >= 0.3 is 0 Å². The van der Waals surface area contributed by atoms with Crippen LogP contribution < -0.4 is 5.32 Å². The first kappa shape index (κ1) is 14.8. The van der Waals surface area contributed by atoms with Gasteiger partial charge < -0.3 is 5.32 Å². The first-order valence-electron chi connectivity index (χ1n) is 7.05. The quantitative estimate of drug-likeness (QED) is 0.918. The molecule has 106 valence electrons. The molecule has 1 aromatic rings. The van der Waals surface area contributed by atoms with Crippen molar-refractivity contribution in [3.05, 3.63) is 35.6 Å². The lowest BCUT2D eigenvalue weighted by molar-refractivity contribution is 0.0812. The molecule has 2 nitrogen and oxygen atoms in total. The Morgan fingerprint density at radius 3 is 2.42 bits per heavy atom. The second-order valence-corrected chi connectivity index (χ2v) is 5.44. The van der Waals surface area contributed by atoms with Crippen LogP contribution in [0.4, 0.5) is 4.39 Å². The molecule has 1 saturated heterocycles. The molecule has 0 spiro atoms. The Hall–Kier alpha value is -0.640. The van der Waals surface area contributed by atoms with Crippen LogP contribution in [-0.2, 0) is 0 Å². The highest BCUT2D eigenvalue weighted by Gasteiger charge is 2.34. The summed E-state index contributed by atoms with van der Waals surface area (Å²) >= 11 is 0. The van der Waals surface area contributed by atoms with Gasteiger partial charge in [-0.25, -0.2) is 4.39 Å².